The molecular formula is C30H30N4O3. The Morgan fingerprint density at radius 1 is 1.00 bits per heavy atom. The highest BCUT2D eigenvalue weighted by Crippen LogP contribution is 2.31. The number of pyridine rings is 1. The molecule has 0 radical (unpaired) electrons. The van der Waals surface area contributed by atoms with Crippen molar-refractivity contribution in [3.63, 3.8) is 0 Å². The van der Waals surface area contributed by atoms with Crippen LogP contribution in [0.3, 0.4) is 0 Å². The summed E-state index contributed by atoms with van der Waals surface area (Å²) in [5.41, 5.74) is 11.5. The number of hydrogen-bond donors (Lipinski definition) is 1. The van der Waals surface area contributed by atoms with Gasteiger partial charge in [-0.1, -0.05) is 36.4 Å². The van der Waals surface area contributed by atoms with Crippen LogP contribution in [0, 0.1) is 0 Å². The van der Waals surface area contributed by atoms with Crippen molar-refractivity contribution in [3.05, 3.63) is 84.1 Å². The molecule has 5 aromatic rings. The first-order chi connectivity index (χ1) is 17.9. The molecule has 188 valence electrons. The first-order valence-corrected chi connectivity index (χ1v) is 12.5. The highest BCUT2D eigenvalue weighted by molar-refractivity contribution is 5.90. The van der Waals surface area contributed by atoms with E-state index in [1.165, 1.54) is 0 Å². The number of carbonyl (C=O) groups is 1. The quantitative estimate of drug-likeness (QED) is 0.262. The third-order valence-electron chi connectivity index (χ3n) is 6.30. The molecule has 0 unspecified atom stereocenters. The van der Waals surface area contributed by atoms with Crippen molar-refractivity contribution >= 4 is 33.6 Å². The van der Waals surface area contributed by atoms with Gasteiger partial charge in [-0.15, -0.1) is 0 Å². The number of benzene rings is 3. The van der Waals surface area contributed by atoms with Crippen LogP contribution in [-0.2, 0) is 22.6 Å². The van der Waals surface area contributed by atoms with Gasteiger partial charge in [0, 0.05) is 22.4 Å². The van der Waals surface area contributed by atoms with Crippen molar-refractivity contribution in [3.8, 4) is 16.9 Å². The zero-order chi connectivity index (χ0) is 25.9. The topological polar surface area (TPSA) is 92.3 Å². The van der Waals surface area contributed by atoms with Gasteiger partial charge < -0.3 is 15.2 Å². The molecule has 7 nitrogen and oxygen atoms in total. The number of esters is 1. The number of aromatic nitrogens is 3. The molecule has 0 fully saturated rings. The number of anilines is 1. The van der Waals surface area contributed by atoms with E-state index in [1.807, 2.05) is 41.1 Å². The number of nitrogen functional groups attached to an aromatic ring is 1. The van der Waals surface area contributed by atoms with Gasteiger partial charge in [-0.3, -0.25) is 9.48 Å². The maximum atomic E-state index is 12.1. The summed E-state index contributed by atoms with van der Waals surface area (Å²) in [5, 5.41) is 6.96. The number of carbonyl (C=O) groups excluding carboxylic acids is 1. The number of nitrogens with zero attached hydrogens (tertiary/aromatic N) is 3. The van der Waals surface area contributed by atoms with Gasteiger partial charge in [-0.25, -0.2) is 4.98 Å². The number of fused-ring (bicyclic) bond motifs is 2. The molecule has 0 bridgehead atoms. The molecule has 5 rings (SSSR count). The summed E-state index contributed by atoms with van der Waals surface area (Å²) < 4.78 is 13.3. The fourth-order valence-corrected chi connectivity index (χ4v) is 4.50. The second-order valence-corrected chi connectivity index (χ2v) is 9.24. The SMILES string of the molecule is CCOC(=O)Cc1ccccc1OCc1nn(C(C)C)c2ccc(-c3ccc4ccc(N)nc4c3)cc12. The summed E-state index contributed by atoms with van der Waals surface area (Å²) in [4.78, 5) is 16.5. The van der Waals surface area contributed by atoms with E-state index in [-0.39, 0.29) is 25.0 Å². The normalized spacial score (nSPS) is 11.4. The summed E-state index contributed by atoms with van der Waals surface area (Å²) >= 11 is 0. The molecule has 0 aliphatic heterocycles. The Hall–Kier alpha value is -4.39. The Balaban J connectivity index is 1.49. The van der Waals surface area contributed by atoms with Crippen LogP contribution in [0.1, 0.15) is 38.1 Å². The lowest BCUT2D eigenvalue weighted by Crippen LogP contribution is -2.09. The van der Waals surface area contributed by atoms with Crippen LogP contribution >= 0.6 is 0 Å². The van der Waals surface area contributed by atoms with Crippen molar-refractivity contribution in [2.75, 3.05) is 12.3 Å². The van der Waals surface area contributed by atoms with Crippen LogP contribution in [0.25, 0.3) is 32.9 Å². The monoisotopic (exact) mass is 494 g/mol. The summed E-state index contributed by atoms with van der Waals surface area (Å²) in [6.45, 7) is 6.64. The molecule has 2 N–H and O–H groups in total. The lowest BCUT2D eigenvalue weighted by molar-refractivity contribution is -0.142. The molecule has 0 aliphatic rings. The number of para-hydroxylation sites is 1. The first kappa shape index (κ1) is 24.3. The van der Waals surface area contributed by atoms with Crippen molar-refractivity contribution in [1.29, 1.82) is 0 Å². The Morgan fingerprint density at radius 2 is 1.76 bits per heavy atom. The smallest absolute Gasteiger partial charge is 0.310 e. The van der Waals surface area contributed by atoms with Crippen LogP contribution in [0.15, 0.2) is 72.8 Å². The molecule has 0 aliphatic carbocycles. The predicted octanol–water partition coefficient (Wildman–Crippen LogP) is 6.10. The number of hydrogen-bond acceptors (Lipinski definition) is 6. The molecule has 0 saturated heterocycles. The Bertz CT molecular complexity index is 1590. The average molecular weight is 495 g/mol. The van der Waals surface area contributed by atoms with Crippen molar-refractivity contribution in [1.82, 2.24) is 14.8 Å². The standard InChI is InChI=1S/C30H30N4O3/c1-4-36-30(35)17-23-7-5-6-8-28(23)37-18-26-24-15-21(11-13-27(24)34(33-26)19(2)3)22-10-9-20-12-14-29(31)32-25(20)16-22/h5-16,19H,4,17-18H2,1-3H3,(H2,31,32). The Kier molecular flexibility index (Phi) is 6.77. The van der Waals surface area contributed by atoms with E-state index in [2.05, 4.69) is 55.2 Å². The summed E-state index contributed by atoms with van der Waals surface area (Å²) in [7, 11) is 0. The maximum Gasteiger partial charge on any atom is 0.310 e. The number of ether oxygens (including phenoxy) is 2. The fourth-order valence-electron chi connectivity index (χ4n) is 4.50. The van der Waals surface area contributed by atoms with E-state index in [0.717, 1.165) is 44.2 Å². The van der Waals surface area contributed by atoms with Crippen LogP contribution in [-0.4, -0.2) is 27.3 Å². The maximum absolute atomic E-state index is 12.1. The van der Waals surface area contributed by atoms with Crippen molar-refractivity contribution in [2.45, 2.75) is 39.8 Å². The first-order valence-electron chi connectivity index (χ1n) is 12.5. The minimum Gasteiger partial charge on any atom is -0.487 e. The lowest BCUT2D eigenvalue weighted by Gasteiger charge is -2.10. The van der Waals surface area contributed by atoms with Crippen LogP contribution in [0.4, 0.5) is 5.82 Å². The van der Waals surface area contributed by atoms with Gasteiger partial charge in [0.15, 0.2) is 0 Å². The zero-order valence-electron chi connectivity index (χ0n) is 21.3. The van der Waals surface area contributed by atoms with Crippen LogP contribution in [0.5, 0.6) is 5.75 Å². The third kappa shape index (κ3) is 5.11. The van der Waals surface area contributed by atoms with Gasteiger partial charge >= 0.3 is 5.97 Å². The fraction of sp³-hybridized carbons (Fsp3) is 0.233. The molecule has 2 aromatic heterocycles. The average Bonchev–Trinajstić information content (AvgIpc) is 3.26. The summed E-state index contributed by atoms with van der Waals surface area (Å²) in [6.07, 6.45) is 0.163. The highest BCUT2D eigenvalue weighted by Gasteiger charge is 2.16. The van der Waals surface area contributed by atoms with E-state index < -0.39 is 0 Å². The molecule has 3 aromatic carbocycles. The second kappa shape index (κ2) is 10.3. The van der Waals surface area contributed by atoms with Gasteiger partial charge in [0.25, 0.3) is 0 Å². The third-order valence-corrected chi connectivity index (χ3v) is 6.30. The van der Waals surface area contributed by atoms with Gasteiger partial charge in [0.1, 0.15) is 23.9 Å². The predicted molar refractivity (Wildman–Crippen MR) is 146 cm³/mol. The largest absolute Gasteiger partial charge is 0.487 e. The zero-order valence-corrected chi connectivity index (χ0v) is 21.3. The molecule has 7 heteroatoms. The minimum atomic E-state index is -0.274. The second-order valence-electron chi connectivity index (χ2n) is 9.24. The highest BCUT2D eigenvalue weighted by atomic mass is 16.5. The van der Waals surface area contributed by atoms with Gasteiger partial charge in [-0.05, 0) is 68.3 Å². The summed E-state index contributed by atoms with van der Waals surface area (Å²) in [6, 6.07) is 24.1. The van der Waals surface area contributed by atoms with E-state index in [1.54, 1.807) is 6.92 Å². The van der Waals surface area contributed by atoms with E-state index in [0.29, 0.717) is 18.2 Å². The van der Waals surface area contributed by atoms with Crippen LogP contribution in [0.2, 0.25) is 0 Å². The van der Waals surface area contributed by atoms with E-state index in [4.69, 9.17) is 20.3 Å². The lowest BCUT2D eigenvalue weighted by atomic mass is 10.0. The molecule has 37 heavy (non-hydrogen) atoms. The summed E-state index contributed by atoms with van der Waals surface area (Å²) in [5.74, 6) is 0.877. The van der Waals surface area contributed by atoms with Crippen molar-refractivity contribution in [2.24, 2.45) is 0 Å². The molecule has 0 amide bonds. The molecule has 0 spiro atoms. The van der Waals surface area contributed by atoms with Crippen molar-refractivity contribution < 1.29 is 14.3 Å². The Labute approximate surface area is 215 Å². The van der Waals surface area contributed by atoms with E-state index >= 15 is 0 Å². The molecule has 2 heterocycles. The molecule has 0 saturated carbocycles. The van der Waals surface area contributed by atoms with E-state index in [9.17, 15) is 4.79 Å². The Morgan fingerprint density at radius 3 is 2.57 bits per heavy atom. The van der Waals surface area contributed by atoms with Gasteiger partial charge in [0.2, 0.25) is 0 Å². The van der Waals surface area contributed by atoms with Crippen LogP contribution < -0.4 is 10.5 Å². The number of rotatable bonds is 8. The molecular weight excluding hydrogens is 464 g/mol. The number of nitrogens with two attached hydrogens (primary N) is 1. The molecule has 0 atom stereocenters. The van der Waals surface area contributed by atoms with Gasteiger partial charge in [-0.2, -0.15) is 5.10 Å². The van der Waals surface area contributed by atoms with Gasteiger partial charge in [0.05, 0.1) is 24.1 Å². The minimum absolute atomic E-state index is 0.163.